The van der Waals surface area contributed by atoms with E-state index in [0.717, 1.165) is 16.3 Å². The van der Waals surface area contributed by atoms with E-state index < -0.39 is 0 Å². The molecule has 3 aromatic heterocycles. The maximum Gasteiger partial charge on any atom is 0.268 e. The molecule has 0 bridgehead atoms. The third kappa shape index (κ3) is 2.06. The summed E-state index contributed by atoms with van der Waals surface area (Å²) in [6.07, 6.45) is 0. The van der Waals surface area contributed by atoms with E-state index in [0.29, 0.717) is 18.3 Å². The zero-order valence-electron chi connectivity index (χ0n) is 10.1. The predicted molar refractivity (Wildman–Crippen MR) is 68.4 cm³/mol. The van der Waals surface area contributed by atoms with Gasteiger partial charge in [-0.05, 0) is 31.4 Å². The van der Waals surface area contributed by atoms with Crippen LogP contribution in [0.15, 0.2) is 28.1 Å². The summed E-state index contributed by atoms with van der Waals surface area (Å²) >= 11 is 1.58. The van der Waals surface area contributed by atoms with E-state index in [1.54, 1.807) is 11.3 Å². The van der Waals surface area contributed by atoms with Crippen molar-refractivity contribution in [2.45, 2.75) is 20.4 Å². The number of nitrogens with zero attached hydrogens (tertiary/aromatic N) is 4. The highest BCUT2D eigenvalue weighted by Crippen LogP contribution is 2.22. The molecule has 0 saturated heterocycles. The number of hydrogen-bond donors (Lipinski definition) is 0. The summed E-state index contributed by atoms with van der Waals surface area (Å²) in [6.45, 7) is 4.52. The molecule has 0 aliphatic carbocycles. The van der Waals surface area contributed by atoms with Crippen LogP contribution in [0.1, 0.15) is 17.2 Å². The van der Waals surface area contributed by atoms with Crippen LogP contribution >= 0.6 is 11.3 Å². The van der Waals surface area contributed by atoms with Gasteiger partial charge in [0.15, 0.2) is 5.82 Å². The van der Waals surface area contributed by atoms with E-state index in [4.69, 9.17) is 4.52 Å². The first-order valence-corrected chi connectivity index (χ1v) is 6.48. The molecule has 18 heavy (non-hydrogen) atoms. The standard InChI is InChI=1S/C12H12N4OS/c1-8-6-9(2)16(14-8)7-11-13-12(17-15-11)10-4-3-5-18-10/h3-6H,7H2,1-2H3. The van der Waals surface area contributed by atoms with Gasteiger partial charge in [0.2, 0.25) is 0 Å². The first-order valence-electron chi connectivity index (χ1n) is 5.60. The van der Waals surface area contributed by atoms with Gasteiger partial charge in [0.1, 0.15) is 6.54 Å². The smallest absolute Gasteiger partial charge is 0.268 e. The van der Waals surface area contributed by atoms with Crippen molar-refractivity contribution in [1.82, 2.24) is 19.9 Å². The molecule has 0 N–H and O–H groups in total. The summed E-state index contributed by atoms with van der Waals surface area (Å²) in [5.74, 6) is 1.21. The highest BCUT2D eigenvalue weighted by molar-refractivity contribution is 7.13. The largest absolute Gasteiger partial charge is 0.333 e. The van der Waals surface area contributed by atoms with Crippen LogP contribution in [0.2, 0.25) is 0 Å². The number of rotatable bonds is 3. The topological polar surface area (TPSA) is 56.7 Å². The SMILES string of the molecule is Cc1cc(C)n(Cc2noc(-c3cccs3)n2)n1. The molecule has 3 aromatic rings. The fourth-order valence-corrected chi connectivity index (χ4v) is 2.43. The zero-order valence-corrected chi connectivity index (χ0v) is 10.9. The van der Waals surface area contributed by atoms with Crippen molar-refractivity contribution >= 4 is 11.3 Å². The minimum Gasteiger partial charge on any atom is -0.333 e. The Morgan fingerprint density at radius 2 is 2.28 bits per heavy atom. The van der Waals surface area contributed by atoms with E-state index in [9.17, 15) is 0 Å². The molecule has 0 fully saturated rings. The van der Waals surface area contributed by atoms with Gasteiger partial charge in [-0.25, -0.2) is 0 Å². The van der Waals surface area contributed by atoms with E-state index >= 15 is 0 Å². The average molecular weight is 260 g/mol. The molecule has 0 amide bonds. The minimum atomic E-state index is 0.536. The van der Waals surface area contributed by atoms with E-state index in [1.807, 2.05) is 42.1 Å². The normalized spacial score (nSPS) is 11.0. The van der Waals surface area contributed by atoms with Gasteiger partial charge < -0.3 is 4.52 Å². The van der Waals surface area contributed by atoms with Crippen molar-refractivity contribution < 1.29 is 4.52 Å². The third-order valence-corrected chi connectivity index (χ3v) is 3.45. The molecule has 0 aromatic carbocycles. The molecule has 0 aliphatic heterocycles. The Kier molecular flexibility index (Phi) is 2.71. The Balaban J connectivity index is 1.84. The van der Waals surface area contributed by atoms with Crippen molar-refractivity contribution in [1.29, 1.82) is 0 Å². The highest BCUT2D eigenvalue weighted by atomic mass is 32.1. The Labute approximate surface area is 108 Å². The van der Waals surface area contributed by atoms with Crippen molar-refractivity contribution in [3.63, 3.8) is 0 Å². The highest BCUT2D eigenvalue weighted by Gasteiger charge is 2.11. The fourth-order valence-electron chi connectivity index (χ4n) is 1.79. The van der Waals surface area contributed by atoms with Gasteiger partial charge in [0.25, 0.3) is 5.89 Å². The van der Waals surface area contributed by atoms with Gasteiger partial charge in [-0.2, -0.15) is 10.1 Å². The van der Waals surface area contributed by atoms with Crippen LogP contribution in [0.25, 0.3) is 10.8 Å². The monoisotopic (exact) mass is 260 g/mol. The number of hydrogen-bond acceptors (Lipinski definition) is 5. The van der Waals surface area contributed by atoms with Crippen LogP contribution < -0.4 is 0 Å². The van der Waals surface area contributed by atoms with E-state index in [1.165, 1.54) is 0 Å². The lowest BCUT2D eigenvalue weighted by Gasteiger charge is -1.98. The lowest BCUT2D eigenvalue weighted by atomic mass is 10.4. The minimum absolute atomic E-state index is 0.536. The Morgan fingerprint density at radius 3 is 2.94 bits per heavy atom. The van der Waals surface area contributed by atoms with Crippen molar-refractivity contribution in [3.05, 3.63) is 40.8 Å². The van der Waals surface area contributed by atoms with Gasteiger partial charge in [-0.1, -0.05) is 11.2 Å². The maximum atomic E-state index is 5.24. The second-order valence-electron chi connectivity index (χ2n) is 4.08. The molecule has 3 heterocycles. The number of aromatic nitrogens is 4. The first kappa shape index (κ1) is 11.2. The molecule has 0 unspecified atom stereocenters. The first-order chi connectivity index (χ1) is 8.72. The average Bonchev–Trinajstić information content (AvgIpc) is 3.02. The summed E-state index contributed by atoms with van der Waals surface area (Å²) in [7, 11) is 0. The van der Waals surface area contributed by atoms with E-state index in [2.05, 4.69) is 15.2 Å². The molecule has 6 heteroatoms. The molecule has 5 nitrogen and oxygen atoms in total. The van der Waals surface area contributed by atoms with Gasteiger partial charge in [0.05, 0.1) is 10.6 Å². The van der Waals surface area contributed by atoms with Crippen molar-refractivity contribution in [2.24, 2.45) is 0 Å². The van der Waals surface area contributed by atoms with Gasteiger partial charge in [-0.3, -0.25) is 4.68 Å². The maximum absolute atomic E-state index is 5.24. The van der Waals surface area contributed by atoms with Crippen LogP contribution in [0.3, 0.4) is 0 Å². The van der Waals surface area contributed by atoms with Crippen LogP contribution in [-0.2, 0) is 6.54 Å². The summed E-state index contributed by atoms with van der Waals surface area (Å²) in [4.78, 5) is 5.36. The second-order valence-corrected chi connectivity index (χ2v) is 5.03. The van der Waals surface area contributed by atoms with Crippen LogP contribution in [-0.4, -0.2) is 19.9 Å². The Hall–Kier alpha value is -1.95. The molecule has 0 radical (unpaired) electrons. The number of thiophene rings is 1. The van der Waals surface area contributed by atoms with Gasteiger partial charge in [0, 0.05) is 5.69 Å². The van der Waals surface area contributed by atoms with E-state index in [-0.39, 0.29) is 0 Å². The van der Waals surface area contributed by atoms with Gasteiger partial charge >= 0.3 is 0 Å². The quantitative estimate of drug-likeness (QED) is 0.726. The van der Waals surface area contributed by atoms with Crippen LogP contribution in [0.5, 0.6) is 0 Å². The second kappa shape index (κ2) is 4.38. The van der Waals surface area contributed by atoms with Crippen molar-refractivity contribution in [2.75, 3.05) is 0 Å². The Bertz CT molecular complexity index is 653. The zero-order chi connectivity index (χ0) is 12.5. The molecule has 92 valence electrons. The summed E-state index contributed by atoms with van der Waals surface area (Å²) in [5.41, 5.74) is 2.09. The lowest BCUT2D eigenvalue weighted by Crippen LogP contribution is -2.05. The number of aryl methyl sites for hydroxylation is 2. The summed E-state index contributed by atoms with van der Waals surface area (Å²) < 4.78 is 7.11. The van der Waals surface area contributed by atoms with Crippen molar-refractivity contribution in [3.8, 4) is 10.8 Å². The molecule has 0 spiro atoms. The molecule has 3 rings (SSSR count). The molecular weight excluding hydrogens is 248 g/mol. The fraction of sp³-hybridized carbons (Fsp3) is 0.250. The summed E-state index contributed by atoms with van der Waals surface area (Å²) in [5, 5.41) is 10.3. The molecule has 0 aliphatic rings. The predicted octanol–water partition coefficient (Wildman–Crippen LogP) is 2.66. The Morgan fingerprint density at radius 1 is 1.39 bits per heavy atom. The third-order valence-electron chi connectivity index (χ3n) is 2.59. The van der Waals surface area contributed by atoms with Crippen LogP contribution in [0.4, 0.5) is 0 Å². The van der Waals surface area contributed by atoms with Gasteiger partial charge in [-0.15, -0.1) is 11.3 Å². The lowest BCUT2D eigenvalue weighted by molar-refractivity contribution is 0.419. The van der Waals surface area contributed by atoms with Crippen LogP contribution in [0, 0.1) is 13.8 Å². The molecular formula is C12H12N4OS. The molecule has 0 atom stereocenters. The molecule has 0 saturated carbocycles. The summed E-state index contributed by atoms with van der Waals surface area (Å²) in [6, 6.07) is 5.95.